The molecular weight excluding hydrogens is 261 g/mol. The highest BCUT2D eigenvalue weighted by Crippen LogP contribution is 2.19. The smallest absolute Gasteiger partial charge is 0.225 e. The van der Waals surface area contributed by atoms with Gasteiger partial charge in [-0.3, -0.25) is 4.79 Å². The van der Waals surface area contributed by atoms with Gasteiger partial charge in [-0.25, -0.2) is 4.39 Å². The molecule has 110 valence electrons. The van der Waals surface area contributed by atoms with Crippen molar-refractivity contribution in [1.82, 2.24) is 4.90 Å². The number of piperidine rings is 1. The molecule has 0 aromatic heterocycles. The maximum atomic E-state index is 12.9. The van der Waals surface area contributed by atoms with E-state index in [4.69, 9.17) is 5.73 Å². The summed E-state index contributed by atoms with van der Waals surface area (Å²) in [5, 5.41) is 12.2. The number of β-amino-alcohol motifs (C(OH)–C–C–N with tert-alkyl or cyclic N) is 1. The van der Waals surface area contributed by atoms with Gasteiger partial charge >= 0.3 is 0 Å². The molecule has 1 amide bonds. The summed E-state index contributed by atoms with van der Waals surface area (Å²) in [4.78, 5) is 13.9. The Morgan fingerprint density at radius 2 is 2.35 bits per heavy atom. The first kappa shape index (κ1) is 14.7. The molecule has 1 aliphatic rings. The molecule has 1 fully saturated rings. The number of nitrogens with zero attached hydrogens (tertiary/aromatic N) is 1. The van der Waals surface area contributed by atoms with E-state index in [1.165, 1.54) is 18.2 Å². The lowest BCUT2D eigenvalue weighted by atomic mass is 10.1. The molecule has 6 heteroatoms. The SMILES string of the molecule is Nc1cc(F)ccc1NC(=O)CCN1CCCC(O)C1. The lowest BCUT2D eigenvalue weighted by Gasteiger charge is -2.29. The minimum absolute atomic E-state index is 0.164. The summed E-state index contributed by atoms with van der Waals surface area (Å²) in [6.07, 6.45) is 1.81. The normalized spacial score (nSPS) is 19.8. The minimum atomic E-state index is -0.428. The van der Waals surface area contributed by atoms with E-state index in [1.54, 1.807) is 0 Å². The number of hydrogen-bond acceptors (Lipinski definition) is 4. The number of hydrogen-bond donors (Lipinski definition) is 3. The molecule has 5 nitrogen and oxygen atoms in total. The summed E-state index contributed by atoms with van der Waals surface area (Å²) in [5.74, 6) is -0.592. The van der Waals surface area contributed by atoms with Crippen LogP contribution in [0.4, 0.5) is 15.8 Å². The van der Waals surface area contributed by atoms with Crippen LogP contribution in [-0.4, -0.2) is 41.7 Å². The van der Waals surface area contributed by atoms with Gasteiger partial charge in [-0.15, -0.1) is 0 Å². The summed E-state index contributed by atoms with van der Waals surface area (Å²) in [5.41, 5.74) is 6.27. The van der Waals surface area contributed by atoms with Gasteiger partial charge in [0, 0.05) is 19.5 Å². The third-order valence-electron chi connectivity index (χ3n) is 3.42. The number of aliphatic hydroxyl groups is 1. The highest BCUT2D eigenvalue weighted by molar-refractivity contribution is 5.93. The Morgan fingerprint density at radius 1 is 1.55 bits per heavy atom. The molecule has 0 aliphatic carbocycles. The van der Waals surface area contributed by atoms with E-state index in [1.807, 2.05) is 0 Å². The van der Waals surface area contributed by atoms with Crippen molar-refractivity contribution >= 4 is 17.3 Å². The molecule has 1 atom stereocenters. The zero-order valence-corrected chi connectivity index (χ0v) is 11.3. The first-order chi connectivity index (χ1) is 9.54. The number of carbonyl (C=O) groups excluding carboxylic acids is 1. The van der Waals surface area contributed by atoms with E-state index in [0.717, 1.165) is 19.4 Å². The van der Waals surface area contributed by atoms with E-state index in [0.29, 0.717) is 25.2 Å². The molecule has 1 unspecified atom stereocenters. The number of nitrogens with two attached hydrogens (primary N) is 1. The van der Waals surface area contributed by atoms with E-state index in [9.17, 15) is 14.3 Å². The average molecular weight is 281 g/mol. The number of nitrogens with one attached hydrogen (secondary N) is 1. The molecule has 2 rings (SSSR count). The fourth-order valence-electron chi connectivity index (χ4n) is 2.35. The van der Waals surface area contributed by atoms with Gasteiger partial charge in [-0.2, -0.15) is 0 Å². The Labute approximate surface area is 117 Å². The Bertz CT molecular complexity index is 481. The summed E-state index contributed by atoms with van der Waals surface area (Å²) in [6, 6.07) is 3.89. The largest absolute Gasteiger partial charge is 0.397 e. The Hall–Kier alpha value is -1.66. The number of amides is 1. The van der Waals surface area contributed by atoms with E-state index in [2.05, 4.69) is 10.2 Å². The summed E-state index contributed by atoms with van der Waals surface area (Å²) >= 11 is 0. The van der Waals surface area contributed by atoms with Crippen molar-refractivity contribution in [2.75, 3.05) is 30.7 Å². The van der Waals surface area contributed by atoms with Gasteiger partial charge in [0.05, 0.1) is 17.5 Å². The Kier molecular flexibility index (Phi) is 4.92. The second kappa shape index (κ2) is 6.67. The van der Waals surface area contributed by atoms with Gasteiger partial charge in [0.15, 0.2) is 0 Å². The fraction of sp³-hybridized carbons (Fsp3) is 0.500. The minimum Gasteiger partial charge on any atom is -0.397 e. The maximum Gasteiger partial charge on any atom is 0.225 e. The van der Waals surface area contributed by atoms with Crippen LogP contribution in [0.5, 0.6) is 0 Å². The van der Waals surface area contributed by atoms with Crippen LogP contribution in [0.2, 0.25) is 0 Å². The summed E-state index contributed by atoms with van der Waals surface area (Å²) in [7, 11) is 0. The molecule has 20 heavy (non-hydrogen) atoms. The first-order valence-corrected chi connectivity index (χ1v) is 6.80. The molecular formula is C14H20FN3O2. The lowest BCUT2D eigenvalue weighted by Crippen LogP contribution is -2.39. The quantitative estimate of drug-likeness (QED) is 0.724. The monoisotopic (exact) mass is 281 g/mol. The van der Waals surface area contributed by atoms with Crippen molar-refractivity contribution in [3.8, 4) is 0 Å². The van der Waals surface area contributed by atoms with E-state index < -0.39 is 5.82 Å². The van der Waals surface area contributed by atoms with Crippen molar-refractivity contribution in [3.05, 3.63) is 24.0 Å². The van der Waals surface area contributed by atoms with Crippen LogP contribution in [0.15, 0.2) is 18.2 Å². The summed E-state index contributed by atoms with van der Waals surface area (Å²) in [6.45, 7) is 2.12. The topological polar surface area (TPSA) is 78.6 Å². The van der Waals surface area contributed by atoms with Gasteiger partial charge in [0.1, 0.15) is 5.82 Å². The number of rotatable bonds is 4. The number of nitrogen functional groups attached to an aromatic ring is 1. The van der Waals surface area contributed by atoms with Crippen molar-refractivity contribution in [2.24, 2.45) is 0 Å². The number of anilines is 2. The van der Waals surface area contributed by atoms with Crippen molar-refractivity contribution < 1.29 is 14.3 Å². The van der Waals surface area contributed by atoms with Crippen LogP contribution in [-0.2, 0) is 4.79 Å². The zero-order chi connectivity index (χ0) is 14.5. The molecule has 1 aromatic carbocycles. The van der Waals surface area contributed by atoms with Crippen LogP contribution in [0.25, 0.3) is 0 Å². The third kappa shape index (κ3) is 4.18. The molecule has 0 bridgehead atoms. The van der Waals surface area contributed by atoms with Crippen molar-refractivity contribution in [3.63, 3.8) is 0 Å². The van der Waals surface area contributed by atoms with Crippen molar-refractivity contribution in [2.45, 2.75) is 25.4 Å². The molecule has 0 radical (unpaired) electrons. The van der Waals surface area contributed by atoms with Crippen LogP contribution in [0.3, 0.4) is 0 Å². The predicted octanol–water partition coefficient (Wildman–Crippen LogP) is 1.19. The highest BCUT2D eigenvalue weighted by Gasteiger charge is 2.18. The van der Waals surface area contributed by atoms with Gasteiger partial charge in [-0.05, 0) is 37.6 Å². The highest BCUT2D eigenvalue weighted by atomic mass is 19.1. The van der Waals surface area contributed by atoms with Gasteiger partial charge < -0.3 is 21.1 Å². The van der Waals surface area contributed by atoms with Crippen LogP contribution in [0.1, 0.15) is 19.3 Å². The molecule has 0 saturated carbocycles. The number of benzene rings is 1. The molecule has 0 spiro atoms. The fourth-order valence-corrected chi connectivity index (χ4v) is 2.35. The zero-order valence-electron chi connectivity index (χ0n) is 11.3. The second-order valence-electron chi connectivity index (χ2n) is 5.13. The lowest BCUT2D eigenvalue weighted by molar-refractivity contribution is -0.116. The third-order valence-corrected chi connectivity index (χ3v) is 3.42. The van der Waals surface area contributed by atoms with Crippen LogP contribution >= 0.6 is 0 Å². The van der Waals surface area contributed by atoms with Gasteiger partial charge in [0.2, 0.25) is 5.91 Å². The van der Waals surface area contributed by atoms with Crippen molar-refractivity contribution in [1.29, 1.82) is 0 Å². The second-order valence-corrected chi connectivity index (χ2v) is 5.13. The van der Waals surface area contributed by atoms with Crippen LogP contribution in [0, 0.1) is 5.82 Å². The molecule has 1 heterocycles. The summed E-state index contributed by atoms with van der Waals surface area (Å²) < 4.78 is 12.9. The Morgan fingerprint density at radius 3 is 3.05 bits per heavy atom. The average Bonchev–Trinajstić information content (AvgIpc) is 2.40. The Balaban J connectivity index is 1.80. The number of carbonyl (C=O) groups is 1. The standard InChI is InChI=1S/C14H20FN3O2/c15-10-3-4-13(12(16)8-10)17-14(20)5-7-18-6-1-2-11(19)9-18/h3-4,8,11,19H,1-2,5-7,9,16H2,(H,17,20). The van der Waals surface area contributed by atoms with Gasteiger partial charge in [-0.1, -0.05) is 0 Å². The number of aliphatic hydroxyl groups excluding tert-OH is 1. The molecule has 4 N–H and O–H groups in total. The first-order valence-electron chi connectivity index (χ1n) is 6.80. The predicted molar refractivity (Wildman–Crippen MR) is 75.7 cm³/mol. The van der Waals surface area contributed by atoms with Crippen LogP contribution < -0.4 is 11.1 Å². The molecule has 1 saturated heterocycles. The molecule has 1 aromatic rings. The van der Waals surface area contributed by atoms with Gasteiger partial charge in [0.25, 0.3) is 0 Å². The number of halogens is 1. The van der Waals surface area contributed by atoms with E-state index in [-0.39, 0.29) is 17.7 Å². The maximum absolute atomic E-state index is 12.9. The molecule has 1 aliphatic heterocycles. The van der Waals surface area contributed by atoms with E-state index >= 15 is 0 Å². The number of likely N-dealkylation sites (tertiary alicyclic amines) is 1.